The third kappa shape index (κ3) is 4.16. The van der Waals surface area contributed by atoms with Crippen molar-refractivity contribution in [2.75, 3.05) is 12.0 Å². The number of anilines is 1. The average molecular weight is 583 g/mol. The molecule has 3 aromatic carbocycles. The van der Waals surface area contributed by atoms with Crippen molar-refractivity contribution in [2.45, 2.75) is 51.4 Å². The molecular weight excluding hydrogens is 549 g/mol. The van der Waals surface area contributed by atoms with Crippen LogP contribution in [0.4, 0.5) is 17.1 Å². The van der Waals surface area contributed by atoms with Crippen molar-refractivity contribution in [1.82, 2.24) is 0 Å². The van der Waals surface area contributed by atoms with E-state index in [1.165, 1.54) is 17.5 Å². The van der Waals surface area contributed by atoms with Crippen molar-refractivity contribution in [3.63, 3.8) is 0 Å². The number of rotatable bonds is 4. The molecule has 3 aliphatic carbocycles. The molecule has 39 heavy (non-hydrogen) atoms. The van der Waals surface area contributed by atoms with Gasteiger partial charge in [0.05, 0.1) is 0 Å². The number of carbonyl (C=O) groups is 1. The Kier molecular flexibility index (Phi) is 6.21. The van der Waals surface area contributed by atoms with E-state index >= 15 is 0 Å². The van der Waals surface area contributed by atoms with Crippen LogP contribution < -0.4 is 9.64 Å². The number of benzene rings is 3. The number of nitrogens with zero attached hydrogens (tertiary/aromatic N) is 3. The number of methoxy groups -OCH3 is 1. The van der Waals surface area contributed by atoms with Gasteiger partial charge in [0.2, 0.25) is 0 Å². The molecule has 0 N–H and O–H groups in total. The summed E-state index contributed by atoms with van der Waals surface area (Å²) < 4.78 is 8.08. The Morgan fingerprint density at radius 1 is 0.897 bits per heavy atom. The molecule has 0 spiro atoms. The first-order valence-corrected chi connectivity index (χ1v) is 15.8. The number of para-hydroxylation sites is 2. The van der Waals surface area contributed by atoms with Crippen LogP contribution in [0.3, 0.4) is 0 Å². The Morgan fingerprint density at radius 2 is 1.56 bits per heavy atom. The van der Waals surface area contributed by atoms with E-state index in [1.54, 1.807) is 7.11 Å². The molecule has 198 valence electrons. The third-order valence-corrected chi connectivity index (χ3v) is 11.4. The molecule has 2 saturated carbocycles. The second-order valence-corrected chi connectivity index (χ2v) is 13.4. The first kappa shape index (κ1) is 24.8. The molecule has 4 atom stereocenters. The zero-order valence-electron chi connectivity index (χ0n) is 22.5. The maximum absolute atomic E-state index is 12.8. The molecule has 0 bridgehead atoms. The number of ether oxygens (including phenoxy) is 1. The standard InChI is InChI=1S/C33H33N3O2Se/c1-33-18-17-24-25(27(33)15-16-30(33)37)14-13-21-19-29(38-2)28(20-26(21)24)36-31(34-22-9-5-3-6-10-22)39-32(36)35-23-11-7-4-8-12-23/h3-12,19-20,24-25,27H,13-18H2,1-2H3/t24-,25+,27-,33-/m0/s1. The minimum absolute atomic E-state index is 0.0198. The number of ketones is 1. The van der Waals surface area contributed by atoms with Crippen molar-refractivity contribution in [3.05, 3.63) is 83.9 Å². The zero-order valence-corrected chi connectivity index (χ0v) is 24.2. The number of aryl methyl sites for hydroxylation is 1. The Balaban J connectivity index is 1.31. The van der Waals surface area contributed by atoms with Gasteiger partial charge >= 0.3 is 237 Å². The monoisotopic (exact) mass is 583 g/mol. The van der Waals surface area contributed by atoms with Crippen molar-refractivity contribution in [1.29, 1.82) is 0 Å². The van der Waals surface area contributed by atoms with Crippen LogP contribution in [0.5, 0.6) is 5.75 Å². The van der Waals surface area contributed by atoms with E-state index in [4.69, 9.17) is 14.7 Å². The number of fused-ring (bicyclic) bond motifs is 5. The predicted molar refractivity (Wildman–Crippen MR) is 158 cm³/mol. The molecule has 0 amide bonds. The number of hydrogen-bond donors (Lipinski definition) is 0. The molecule has 0 aromatic heterocycles. The summed E-state index contributed by atoms with van der Waals surface area (Å²) in [5, 5.41) is 0. The molecule has 0 radical (unpaired) electrons. The van der Waals surface area contributed by atoms with Gasteiger partial charge in [0.25, 0.3) is 0 Å². The number of aliphatic imine (C=N–C) groups is 2. The van der Waals surface area contributed by atoms with E-state index in [-0.39, 0.29) is 20.4 Å². The number of carbonyl (C=O) groups excluding carboxylic acids is 1. The average Bonchev–Trinajstić information content (AvgIpc) is 3.27. The third-order valence-electron chi connectivity index (χ3n) is 9.50. The first-order chi connectivity index (χ1) is 19.0. The molecule has 4 aliphatic rings. The second kappa shape index (κ2) is 9.76. The van der Waals surface area contributed by atoms with Gasteiger partial charge in [-0.1, -0.05) is 0 Å². The van der Waals surface area contributed by atoms with Gasteiger partial charge in [-0.3, -0.25) is 0 Å². The van der Waals surface area contributed by atoms with Crippen molar-refractivity contribution >= 4 is 47.3 Å². The van der Waals surface area contributed by atoms with Gasteiger partial charge in [-0.25, -0.2) is 0 Å². The summed E-state index contributed by atoms with van der Waals surface area (Å²) >= 11 is 0.0198. The van der Waals surface area contributed by atoms with Gasteiger partial charge < -0.3 is 0 Å². The van der Waals surface area contributed by atoms with Crippen LogP contribution in [0.2, 0.25) is 0 Å². The predicted octanol–water partition coefficient (Wildman–Crippen LogP) is 7.02. The van der Waals surface area contributed by atoms with Gasteiger partial charge in [-0.15, -0.1) is 0 Å². The van der Waals surface area contributed by atoms with Gasteiger partial charge in [0.1, 0.15) is 0 Å². The number of hydrogen-bond acceptors (Lipinski definition) is 4. The Hall–Kier alpha value is -3.21. The molecule has 3 aromatic rings. The summed E-state index contributed by atoms with van der Waals surface area (Å²) in [6.45, 7) is 2.25. The molecule has 3 fully saturated rings. The molecule has 6 heteroatoms. The fourth-order valence-corrected chi connectivity index (χ4v) is 9.35. The van der Waals surface area contributed by atoms with E-state index in [2.05, 4.69) is 24.0 Å². The minimum atomic E-state index is -0.112. The first-order valence-electron chi connectivity index (χ1n) is 14.0. The second-order valence-electron chi connectivity index (χ2n) is 11.5. The van der Waals surface area contributed by atoms with Crippen LogP contribution >= 0.6 is 0 Å². The number of amidine groups is 2. The van der Waals surface area contributed by atoms with Crippen LogP contribution in [0, 0.1) is 17.3 Å². The topological polar surface area (TPSA) is 54.3 Å². The fourth-order valence-electron chi connectivity index (χ4n) is 7.49. The maximum atomic E-state index is 12.8. The van der Waals surface area contributed by atoms with Gasteiger partial charge in [-0.05, 0) is 0 Å². The van der Waals surface area contributed by atoms with Crippen molar-refractivity contribution < 1.29 is 9.53 Å². The summed E-state index contributed by atoms with van der Waals surface area (Å²) in [5.41, 5.74) is 5.67. The van der Waals surface area contributed by atoms with E-state index in [1.807, 2.05) is 60.7 Å². The van der Waals surface area contributed by atoms with Crippen molar-refractivity contribution in [3.8, 4) is 5.75 Å². The van der Waals surface area contributed by atoms with E-state index in [0.717, 1.165) is 64.4 Å². The Morgan fingerprint density at radius 3 is 2.21 bits per heavy atom. The Bertz CT molecular complexity index is 1430. The van der Waals surface area contributed by atoms with Gasteiger partial charge in [0, 0.05) is 0 Å². The molecular formula is C33H33N3O2Se. The summed E-state index contributed by atoms with van der Waals surface area (Å²) in [5.74, 6) is 2.97. The number of Topliss-reactive ketones (excluding diaryl/α,β-unsaturated/α-hetero) is 1. The van der Waals surface area contributed by atoms with E-state index in [0.29, 0.717) is 23.5 Å². The normalized spacial score (nSPS) is 29.5. The molecule has 7 rings (SSSR count). The summed E-state index contributed by atoms with van der Waals surface area (Å²) in [6.07, 6.45) is 6.13. The molecule has 1 saturated heterocycles. The summed E-state index contributed by atoms with van der Waals surface area (Å²) in [4.78, 5) is 25.1. The van der Waals surface area contributed by atoms with Crippen LogP contribution in [0.25, 0.3) is 0 Å². The van der Waals surface area contributed by atoms with Gasteiger partial charge in [-0.2, -0.15) is 0 Å². The Labute approximate surface area is 236 Å². The van der Waals surface area contributed by atoms with Crippen LogP contribution in [-0.2, 0) is 11.2 Å². The zero-order chi connectivity index (χ0) is 26.6. The van der Waals surface area contributed by atoms with E-state index < -0.39 is 0 Å². The molecule has 0 unspecified atom stereocenters. The van der Waals surface area contributed by atoms with Crippen LogP contribution in [0.15, 0.2) is 82.8 Å². The molecule has 1 aliphatic heterocycles. The quantitative estimate of drug-likeness (QED) is 0.311. The summed E-state index contributed by atoms with van der Waals surface area (Å²) in [7, 11) is 1.76. The van der Waals surface area contributed by atoms with Crippen LogP contribution in [-0.4, -0.2) is 37.3 Å². The summed E-state index contributed by atoms with van der Waals surface area (Å²) in [6, 6.07) is 25.0. The van der Waals surface area contributed by atoms with Crippen LogP contribution in [0.1, 0.15) is 56.1 Å². The fraction of sp³-hybridized carbons (Fsp3) is 0.364. The molecule has 5 nitrogen and oxygen atoms in total. The SMILES string of the molecule is COc1cc2c(cc1N1C(=Nc3ccccc3)[Se]C1=Nc1ccccc1)[C@H]1CC[C@]3(C)C(=O)CC[C@H]3[C@@H]1CC2. The molecule has 1 heterocycles. The van der Waals surface area contributed by atoms with Crippen molar-refractivity contribution in [2.24, 2.45) is 27.2 Å². The van der Waals surface area contributed by atoms with E-state index in [9.17, 15) is 4.79 Å². The van der Waals surface area contributed by atoms with Gasteiger partial charge in [0.15, 0.2) is 0 Å².